The molecule has 0 spiro atoms. The summed E-state index contributed by atoms with van der Waals surface area (Å²) in [4.78, 5) is 11.1. The van der Waals surface area contributed by atoms with Crippen LogP contribution < -0.4 is 0 Å². The van der Waals surface area contributed by atoms with E-state index in [9.17, 15) is 9.18 Å². The normalized spacial score (nSPS) is 26.8. The molecule has 72 valence electrons. The highest BCUT2D eigenvalue weighted by Gasteiger charge is 2.39. The van der Waals surface area contributed by atoms with Crippen molar-refractivity contribution in [3.05, 3.63) is 23.8 Å². The third-order valence-corrected chi connectivity index (χ3v) is 1.91. The van der Waals surface area contributed by atoms with E-state index in [2.05, 4.69) is 9.47 Å². The number of alkyl halides is 1. The zero-order valence-electron chi connectivity index (χ0n) is 7.54. The SMILES string of the molecule is COC(=O)C1=CC=CC[C@@]1(F)OC. The van der Waals surface area contributed by atoms with Crippen molar-refractivity contribution in [2.75, 3.05) is 14.2 Å². The average molecular weight is 186 g/mol. The minimum atomic E-state index is -2.04. The molecule has 1 aliphatic carbocycles. The monoisotopic (exact) mass is 186 g/mol. The van der Waals surface area contributed by atoms with Crippen molar-refractivity contribution in [3.8, 4) is 0 Å². The van der Waals surface area contributed by atoms with Gasteiger partial charge in [-0.2, -0.15) is 0 Å². The predicted molar refractivity (Wildman–Crippen MR) is 44.7 cm³/mol. The van der Waals surface area contributed by atoms with Crippen molar-refractivity contribution in [1.82, 2.24) is 0 Å². The summed E-state index contributed by atoms with van der Waals surface area (Å²) in [6.07, 6.45) is 4.59. The first-order valence-corrected chi connectivity index (χ1v) is 3.83. The summed E-state index contributed by atoms with van der Waals surface area (Å²) in [6.45, 7) is 0. The Bertz CT molecular complexity index is 270. The minimum absolute atomic E-state index is 0.0322. The van der Waals surface area contributed by atoms with Crippen LogP contribution in [0.1, 0.15) is 6.42 Å². The molecule has 0 aliphatic heterocycles. The van der Waals surface area contributed by atoms with Gasteiger partial charge in [-0.3, -0.25) is 0 Å². The van der Waals surface area contributed by atoms with Gasteiger partial charge in [0.15, 0.2) is 0 Å². The van der Waals surface area contributed by atoms with Crippen molar-refractivity contribution in [2.24, 2.45) is 0 Å². The van der Waals surface area contributed by atoms with Crippen LogP contribution in [0.2, 0.25) is 0 Å². The fraction of sp³-hybridized carbons (Fsp3) is 0.444. The molecular formula is C9H11FO3. The summed E-state index contributed by atoms with van der Waals surface area (Å²) >= 11 is 0. The van der Waals surface area contributed by atoms with Crippen molar-refractivity contribution in [3.63, 3.8) is 0 Å². The van der Waals surface area contributed by atoms with Crippen LogP contribution in [0, 0.1) is 0 Å². The van der Waals surface area contributed by atoms with Gasteiger partial charge in [-0.15, -0.1) is 0 Å². The molecule has 0 fully saturated rings. The molecule has 0 bridgehead atoms. The first kappa shape index (κ1) is 9.92. The predicted octanol–water partition coefficient (Wildman–Crippen LogP) is 1.36. The second-order valence-electron chi connectivity index (χ2n) is 2.64. The van der Waals surface area contributed by atoms with Gasteiger partial charge in [0.1, 0.15) is 5.57 Å². The molecule has 0 saturated carbocycles. The second-order valence-corrected chi connectivity index (χ2v) is 2.64. The molecule has 0 heterocycles. The van der Waals surface area contributed by atoms with Gasteiger partial charge < -0.3 is 9.47 Å². The molecule has 0 aromatic heterocycles. The maximum absolute atomic E-state index is 13.8. The molecule has 0 saturated heterocycles. The quantitative estimate of drug-likeness (QED) is 0.611. The molecule has 1 rings (SSSR count). The van der Waals surface area contributed by atoms with E-state index in [1.165, 1.54) is 20.3 Å². The fourth-order valence-electron chi connectivity index (χ4n) is 1.14. The van der Waals surface area contributed by atoms with Crippen LogP contribution in [0.15, 0.2) is 23.8 Å². The molecule has 0 radical (unpaired) electrons. The Kier molecular flexibility index (Phi) is 2.83. The number of halogens is 1. The number of ether oxygens (including phenoxy) is 2. The van der Waals surface area contributed by atoms with Gasteiger partial charge in [0.2, 0.25) is 5.85 Å². The average Bonchev–Trinajstić information content (AvgIpc) is 2.17. The van der Waals surface area contributed by atoms with E-state index in [1.807, 2.05) is 0 Å². The molecule has 4 heteroatoms. The highest BCUT2D eigenvalue weighted by molar-refractivity contribution is 5.91. The summed E-state index contributed by atoms with van der Waals surface area (Å²) in [6, 6.07) is 0. The van der Waals surface area contributed by atoms with E-state index in [-0.39, 0.29) is 12.0 Å². The lowest BCUT2D eigenvalue weighted by molar-refractivity contribution is -0.146. The van der Waals surface area contributed by atoms with Crippen LogP contribution in [-0.4, -0.2) is 26.0 Å². The van der Waals surface area contributed by atoms with Crippen LogP contribution in [0.5, 0.6) is 0 Å². The van der Waals surface area contributed by atoms with Gasteiger partial charge in [0, 0.05) is 13.5 Å². The Morgan fingerprint density at radius 2 is 2.31 bits per heavy atom. The summed E-state index contributed by atoms with van der Waals surface area (Å²) in [5, 5.41) is 0. The fourth-order valence-corrected chi connectivity index (χ4v) is 1.14. The van der Waals surface area contributed by atoms with Crippen molar-refractivity contribution in [1.29, 1.82) is 0 Å². The zero-order valence-corrected chi connectivity index (χ0v) is 7.54. The highest BCUT2D eigenvalue weighted by atomic mass is 19.2. The molecule has 0 aromatic rings. The van der Waals surface area contributed by atoms with Crippen LogP contribution in [-0.2, 0) is 14.3 Å². The number of esters is 1. The number of carbonyl (C=O) groups is 1. The van der Waals surface area contributed by atoms with E-state index >= 15 is 0 Å². The molecule has 0 amide bonds. The van der Waals surface area contributed by atoms with Gasteiger partial charge in [-0.05, 0) is 6.08 Å². The number of hydrogen-bond acceptors (Lipinski definition) is 3. The topological polar surface area (TPSA) is 35.5 Å². The van der Waals surface area contributed by atoms with Crippen LogP contribution in [0.25, 0.3) is 0 Å². The number of methoxy groups -OCH3 is 2. The summed E-state index contributed by atoms with van der Waals surface area (Å²) in [5.41, 5.74) is -0.0972. The van der Waals surface area contributed by atoms with E-state index in [4.69, 9.17) is 0 Å². The number of allylic oxidation sites excluding steroid dienone is 2. The van der Waals surface area contributed by atoms with Crippen molar-refractivity contribution >= 4 is 5.97 Å². The summed E-state index contributed by atoms with van der Waals surface area (Å²) in [7, 11) is 2.42. The number of rotatable bonds is 2. The van der Waals surface area contributed by atoms with Crippen LogP contribution in [0.3, 0.4) is 0 Å². The minimum Gasteiger partial charge on any atom is -0.465 e. The van der Waals surface area contributed by atoms with Crippen LogP contribution >= 0.6 is 0 Å². The Balaban J connectivity index is 2.95. The van der Waals surface area contributed by atoms with Gasteiger partial charge in [-0.1, -0.05) is 12.2 Å². The molecule has 1 aliphatic rings. The molecule has 13 heavy (non-hydrogen) atoms. The third-order valence-electron chi connectivity index (χ3n) is 1.91. The Labute approximate surface area is 75.8 Å². The number of carbonyl (C=O) groups excluding carboxylic acids is 1. The lowest BCUT2D eigenvalue weighted by Crippen LogP contribution is -2.33. The zero-order chi connectivity index (χ0) is 9.90. The van der Waals surface area contributed by atoms with Crippen molar-refractivity contribution in [2.45, 2.75) is 12.3 Å². The molecule has 0 aromatic carbocycles. The van der Waals surface area contributed by atoms with E-state index in [0.29, 0.717) is 0 Å². The molecule has 3 nitrogen and oxygen atoms in total. The Morgan fingerprint density at radius 1 is 1.62 bits per heavy atom. The lowest BCUT2D eigenvalue weighted by atomic mass is 9.99. The van der Waals surface area contributed by atoms with Gasteiger partial charge in [-0.25, -0.2) is 9.18 Å². The van der Waals surface area contributed by atoms with Crippen LogP contribution in [0.4, 0.5) is 4.39 Å². The first-order valence-electron chi connectivity index (χ1n) is 3.83. The van der Waals surface area contributed by atoms with Crippen molar-refractivity contribution < 1.29 is 18.7 Å². The van der Waals surface area contributed by atoms with Gasteiger partial charge >= 0.3 is 5.97 Å². The molecular weight excluding hydrogens is 175 g/mol. The first-order chi connectivity index (χ1) is 6.14. The maximum atomic E-state index is 13.8. The maximum Gasteiger partial charge on any atom is 0.339 e. The van der Waals surface area contributed by atoms with E-state index in [0.717, 1.165) is 0 Å². The number of hydrogen-bond donors (Lipinski definition) is 0. The molecule has 1 atom stereocenters. The van der Waals surface area contributed by atoms with E-state index in [1.54, 1.807) is 12.2 Å². The summed E-state index contributed by atoms with van der Waals surface area (Å²) in [5.74, 6) is -2.74. The Morgan fingerprint density at radius 3 is 2.85 bits per heavy atom. The second kappa shape index (κ2) is 3.70. The van der Waals surface area contributed by atoms with E-state index < -0.39 is 11.8 Å². The standard InChI is InChI=1S/C9H11FO3/c1-12-8(11)7-5-3-4-6-9(7,10)13-2/h3-5H,6H2,1-2H3/t9-/m1/s1. The van der Waals surface area contributed by atoms with Gasteiger partial charge in [0.05, 0.1) is 7.11 Å². The third kappa shape index (κ3) is 1.78. The molecule has 0 unspecified atom stereocenters. The highest BCUT2D eigenvalue weighted by Crippen LogP contribution is 2.31. The Hall–Kier alpha value is -1.16. The largest absolute Gasteiger partial charge is 0.465 e. The smallest absolute Gasteiger partial charge is 0.339 e. The lowest BCUT2D eigenvalue weighted by Gasteiger charge is -2.25. The van der Waals surface area contributed by atoms with Gasteiger partial charge in [0.25, 0.3) is 0 Å². The molecule has 0 N–H and O–H groups in total. The summed E-state index contributed by atoms with van der Waals surface area (Å²) < 4.78 is 22.8.